The van der Waals surface area contributed by atoms with Gasteiger partial charge < -0.3 is 5.32 Å². The molecule has 0 aromatic rings. The number of halogens is 1. The van der Waals surface area contributed by atoms with Crippen LogP contribution in [0.1, 0.15) is 53.4 Å². The summed E-state index contributed by atoms with van der Waals surface area (Å²) in [7, 11) is 0. The summed E-state index contributed by atoms with van der Waals surface area (Å²) in [4.78, 5) is 11.9. The van der Waals surface area contributed by atoms with Gasteiger partial charge in [-0.15, -0.1) is 11.6 Å². The summed E-state index contributed by atoms with van der Waals surface area (Å²) in [6, 6.07) is 0. The van der Waals surface area contributed by atoms with Crippen LogP contribution in [-0.4, -0.2) is 17.3 Å². The Morgan fingerprint density at radius 3 is 2.50 bits per heavy atom. The first-order valence-corrected chi connectivity index (χ1v) is 6.71. The highest BCUT2D eigenvalue weighted by Crippen LogP contribution is 2.41. The Bertz CT molecular complexity index is 261. The minimum atomic E-state index is -0.104. The van der Waals surface area contributed by atoms with E-state index >= 15 is 0 Å². The number of unbranched alkanes of at least 4 members (excludes halogenated alkanes) is 1. The van der Waals surface area contributed by atoms with Crippen molar-refractivity contribution in [2.75, 3.05) is 5.88 Å². The van der Waals surface area contributed by atoms with Gasteiger partial charge in [0.1, 0.15) is 0 Å². The summed E-state index contributed by atoms with van der Waals surface area (Å²) < 4.78 is 0. The van der Waals surface area contributed by atoms with Gasteiger partial charge in [-0.1, -0.05) is 20.3 Å². The molecule has 3 heteroatoms. The molecule has 0 spiro atoms. The predicted octanol–water partition coefficient (Wildman–Crippen LogP) is 3.34. The Morgan fingerprint density at radius 2 is 1.94 bits per heavy atom. The van der Waals surface area contributed by atoms with Crippen molar-refractivity contribution in [3.8, 4) is 0 Å². The second kappa shape index (κ2) is 4.95. The molecule has 1 N–H and O–H groups in total. The van der Waals surface area contributed by atoms with Crippen molar-refractivity contribution in [1.82, 2.24) is 5.32 Å². The topological polar surface area (TPSA) is 29.1 Å². The van der Waals surface area contributed by atoms with Crippen LogP contribution >= 0.6 is 11.6 Å². The molecule has 1 aliphatic rings. The first-order valence-electron chi connectivity index (χ1n) is 6.18. The first kappa shape index (κ1) is 13.8. The highest BCUT2D eigenvalue weighted by molar-refractivity contribution is 6.17. The smallest absolute Gasteiger partial charge is 0.223 e. The molecule has 0 aromatic heterocycles. The van der Waals surface area contributed by atoms with Crippen LogP contribution in [0.2, 0.25) is 0 Å². The van der Waals surface area contributed by atoms with Crippen LogP contribution in [0.3, 0.4) is 0 Å². The number of carbonyl (C=O) groups excluding carboxylic acids is 1. The van der Waals surface area contributed by atoms with Gasteiger partial charge in [-0.05, 0) is 38.5 Å². The summed E-state index contributed by atoms with van der Waals surface area (Å²) in [5.41, 5.74) is 0.0552. The van der Waals surface area contributed by atoms with Crippen LogP contribution in [0.4, 0.5) is 0 Å². The summed E-state index contributed by atoms with van der Waals surface area (Å²) in [6.45, 7) is 8.70. The molecular weight excluding hydrogens is 222 g/mol. The highest BCUT2D eigenvalue weighted by atomic mass is 35.5. The van der Waals surface area contributed by atoms with Crippen molar-refractivity contribution in [2.45, 2.75) is 58.9 Å². The Labute approximate surface area is 104 Å². The number of piperidine rings is 1. The fourth-order valence-corrected chi connectivity index (χ4v) is 2.45. The second-order valence-electron chi connectivity index (χ2n) is 6.08. The third-order valence-electron chi connectivity index (χ3n) is 4.19. The zero-order chi connectivity index (χ0) is 12.4. The van der Waals surface area contributed by atoms with Gasteiger partial charge >= 0.3 is 0 Å². The number of rotatable bonds is 4. The van der Waals surface area contributed by atoms with Gasteiger partial charge in [0.05, 0.1) is 0 Å². The zero-order valence-electron chi connectivity index (χ0n) is 10.9. The first-order chi connectivity index (χ1) is 7.30. The molecule has 1 heterocycles. The largest absolute Gasteiger partial charge is 0.350 e. The molecule has 1 fully saturated rings. The van der Waals surface area contributed by atoms with E-state index in [1.165, 1.54) is 0 Å². The maximum Gasteiger partial charge on any atom is 0.223 e. The lowest BCUT2D eigenvalue weighted by Crippen LogP contribution is -2.60. The van der Waals surface area contributed by atoms with Gasteiger partial charge in [0.2, 0.25) is 5.91 Å². The van der Waals surface area contributed by atoms with Crippen LogP contribution in [0.25, 0.3) is 0 Å². The van der Waals surface area contributed by atoms with Gasteiger partial charge in [-0.25, -0.2) is 0 Å². The van der Waals surface area contributed by atoms with E-state index in [0.717, 1.165) is 25.7 Å². The Kier molecular flexibility index (Phi) is 4.28. The fraction of sp³-hybridized carbons (Fsp3) is 0.923. The summed E-state index contributed by atoms with van der Waals surface area (Å²) in [5.74, 6) is 1.09. The van der Waals surface area contributed by atoms with Gasteiger partial charge in [0, 0.05) is 17.3 Å². The van der Waals surface area contributed by atoms with Crippen LogP contribution in [0, 0.1) is 11.3 Å². The molecule has 0 saturated carbocycles. The number of amides is 1. The number of hydrogen-bond acceptors (Lipinski definition) is 1. The van der Waals surface area contributed by atoms with Gasteiger partial charge in [0.25, 0.3) is 0 Å². The molecule has 1 aliphatic heterocycles. The summed E-state index contributed by atoms with van der Waals surface area (Å²) >= 11 is 5.66. The van der Waals surface area contributed by atoms with Gasteiger partial charge in [0.15, 0.2) is 0 Å². The molecule has 1 saturated heterocycles. The van der Waals surface area contributed by atoms with Gasteiger partial charge in [-0.2, -0.15) is 0 Å². The molecule has 0 bridgehead atoms. The zero-order valence-corrected chi connectivity index (χ0v) is 11.7. The molecule has 94 valence electrons. The maximum atomic E-state index is 11.9. The molecule has 0 aliphatic carbocycles. The number of alkyl halides is 1. The third kappa shape index (κ3) is 2.91. The highest BCUT2D eigenvalue weighted by Gasteiger charge is 2.45. The van der Waals surface area contributed by atoms with Crippen LogP contribution in [-0.2, 0) is 4.79 Å². The van der Waals surface area contributed by atoms with Crippen LogP contribution in [0.15, 0.2) is 0 Å². The lowest BCUT2D eigenvalue weighted by atomic mass is 9.65. The van der Waals surface area contributed by atoms with Gasteiger partial charge in [-0.3, -0.25) is 4.79 Å². The maximum absolute atomic E-state index is 11.9. The molecule has 1 atom stereocenters. The minimum Gasteiger partial charge on any atom is -0.350 e. The standard InChI is InChI=1S/C13H24ClNO/c1-12(2)9-10(7-5-6-8-14)11(16)15-13(12,3)4/h10H,5-9H2,1-4H3,(H,15,16). The van der Waals surface area contributed by atoms with Crippen LogP contribution < -0.4 is 5.32 Å². The fourth-order valence-electron chi connectivity index (χ4n) is 2.26. The molecule has 0 aromatic carbocycles. The monoisotopic (exact) mass is 245 g/mol. The molecule has 1 amide bonds. The van der Waals surface area contributed by atoms with Crippen LogP contribution in [0.5, 0.6) is 0 Å². The lowest BCUT2D eigenvalue weighted by Gasteiger charge is -2.48. The third-order valence-corrected chi connectivity index (χ3v) is 4.46. The van der Waals surface area contributed by atoms with Crippen molar-refractivity contribution in [3.05, 3.63) is 0 Å². The second-order valence-corrected chi connectivity index (χ2v) is 6.46. The minimum absolute atomic E-state index is 0.104. The van der Waals surface area contributed by atoms with Crippen molar-refractivity contribution in [1.29, 1.82) is 0 Å². The van der Waals surface area contributed by atoms with Crippen molar-refractivity contribution in [2.24, 2.45) is 11.3 Å². The molecule has 16 heavy (non-hydrogen) atoms. The van der Waals surface area contributed by atoms with E-state index in [9.17, 15) is 4.79 Å². The molecular formula is C13H24ClNO. The predicted molar refractivity (Wildman–Crippen MR) is 68.7 cm³/mol. The Balaban J connectivity index is 2.59. The molecule has 1 rings (SSSR count). The molecule has 2 nitrogen and oxygen atoms in total. The van der Waals surface area contributed by atoms with Crippen molar-refractivity contribution < 1.29 is 4.79 Å². The molecule has 1 unspecified atom stereocenters. The van der Waals surface area contributed by atoms with E-state index in [4.69, 9.17) is 11.6 Å². The number of nitrogens with one attached hydrogen (secondary N) is 1. The quantitative estimate of drug-likeness (QED) is 0.598. The average Bonchev–Trinajstić information content (AvgIpc) is 2.13. The normalized spacial score (nSPS) is 27.6. The van der Waals surface area contributed by atoms with E-state index < -0.39 is 0 Å². The van der Waals surface area contributed by atoms with E-state index in [2.05, 4.69) is 33.0 Å². The van der Waals surface area contributed by atoms with Crippen molar-refractivity contribution >= 4 is 17.5 Å². The van der Waals surface area contributed by atoms with E-state index in [1.807, 2.05) is 0 Å². The SMILES string of the molecule is CC1(C)CC(CCCCCl)C(=O)NC1(C)C. The van der Waals surface area contributed by atoms with E-state index in [-0.39, 0.29) is 22.8 Å². The Hall–Kier alpha value is -0.240. The molecule has 0 radical (unpaired) electrons. The van der Waals surface area contributed by atoms with E-state index in [0.29, 0.717) is 5.88 Å². The average molecular weight is 246 g/mol. The lowest BCUT2D eigenvalue weighted by molar-refractivity contribution is -0.134. The van der Waals surface area contributed by atoms with Crippen molar-refractivity contribution in [3.63, 3.8) is 0 Å². The van der Waals surface area contributed by atoms with E-state index in [1.54, 1.807) is 0 Å². The Morgan fingerprint density at radius 1 is 1.31 bits per heavy atom. The summed E-state index contributed by atoms with van der Waals surface area (Å²) in [6.07, 6.45) is 4.01. The number of carbonyl (C=O) groups is 1. The number of hydrogen-bond donors (Lipinski definition) is 1. The summed E-state index contributed by atoms with van der Waals surface area (Å²) in [5, 5.41) is 3.15.